The Balaban J connectivity index is 1.13. The number of anilines is 2. The van der Waals surface area contributed by atoms with Crippen LogP contribution >= 0.6 is 11.6 Å². The van der Waals surface area contributed by atoms with E-state index in [1.807, 2.05) is 17.9 Å². The first-order chi connectivity index (χ1) is 25.8. The lowest BCUT2D eigenvalue weighted by Gasteiger charge is -2.26. The van der Waals surface area contributed by atoms with Crippen molar-refractivity contribution in [1.82, 2.24) is 29.4 Å². The Labute approximate surface area is 310 Å². The summed E-state index contributed by atoms with van der Waals surface area (Å²) in [4.78, 5) is 61.6. The molecule has 284 valence electrons. The Morgan fingerprint density at radius 2 is 1.80 bits per heavy atom. The fraction of sp³-hybridized carbons (Fsp3) is 0.389. The first-order valence-electron chi connectivity index (χ1n) is 17.3. The molecular formula is C36H35ClF4N8O5. The van der Waals surface area contributed by atoms with Crippen molar-refractivity contribution in [3.05, 3.63) is 92.4 Å². The average molecular weight is 771 g/mol. The number of rotatable bonds is 9. The number of nitrogens with one attached hydrogen (secondary N) is 2. The number of nitrogens with zero attached hydrogens (tertiary/aromatic N) is 6. The molecule has 0 bridgehead atoms. The molecule has 0 aliphatic carbocycles. The molecular weight excluding hydrogens is 736 g/mol. The molecule has 3 amide bonds. The van der Waals surface area contributed by atoms with Crippen LogP contribution in [0.1, 0.15) is 40.8 Å². The van der Waals surface area contributed by atoms with Gasteiger partial charge in [0.25, 0.3) is 11.5 Å². The number of benzene rings is 2. The summed E-state index contributed by atoms with van der Waals surface area (Å²) >= 11 is 6.13. The first-order valence-corrected chi connectivity index (χ1v) is 17.7. The number of halogens is 5. The molecule has 2 aromatic carbocycles. The number of hydrogen-bond acceptors (Lipinski definition) is 8. The second-order valence-corrected chi connectivity index (χ2v) is 13.8. The zero-order valence-electron chi connectivity index (χ0n) is 29.0. The maximum Gasteiger partial charge on any atom is 0.416 e. The van der Waals surface area contributed by atoms with E-state index >= 15 is 0 Å². The number of aromatic nitrogens is 4. The second-order valence-electron chi connectivity index (χ2n) is 13.4. The Morgan fingerprint density at radius 1 is 1.06 bits per heavy atom. The number of carbonyl (C=O) groups excluding carboxylic acids is 3. The summed E-state index contributed by atoms with van der Waals surface area (Å²) in [6.45, 7) is 3.57. The Kier molecular flexibility index (Phi) is 10.2. The van der Waals surface area contributed by atoms with Crippen LogP contribution in [0.5, 0.6) is 0 Å². The Morgan fingerprint density at radius 3 is 2.44 bits per heavy atom. The van der Waals surface area contributed by atoms with E-state index in [0.717, 1.165) is 23.8 Å². The molecule has 54 heavy (non-hydrogen) atoms. The van der Waals surface area contributed by atoms with Crippen molar-refractivity contribution in [2.24, 2.45) is 11.8 Å². The maximum atomic E-state index is 14.3. The third-order valence-electron chi connectivity index (χ3n) is 9.96. The van der Waals surface area contributed by atoms with Gasteiger partial charge in [0, 0.05) is 38.0 Å². The number of fused-ring (bicyclic) bond motifs is 2. The van der Waals surface area contributed by atoms with Crippen LogP contribution in [0.25, 0.3) is 11.4 Å². The van der Waals surface area contributed by atoms with Crippen molar-refractivity contribution in [2.75, 3.05) is 56.2 Å². The molecule has 2 fully saturated rings. The lowest BCUT2D eigenvalue weighted by atomic mass is 10.0. The SMILES string of the molecule is CCc1c(N2CC3CN(C(=O)CNC(=O)c4ccccc4F)CC3C2)c(=O)n2nc(C3=CCOCC3)nc2n1CC(=O)Nc1ccc(C(F)(F)F)cc1Cl. The summed E-state index contributed by atoms with van der Waals surface area (Å²) in [5, 5.41) is 9.35. The van der Waals surface area contributed by atoms with Gasteiger partial charge in [0.1, 0.15) is 18.0 Å². The minimum atomic E-state index is -4.62. The first kappa shape index (κ1) is 37.0. The zero-order valence-corrected chi connectivity index (χ0v) is 29.7. The third kappa shape index (κ3) is 7.29. The molecule has 2 unspecified atom stereocenters. The van der Waals surface area contributed by atoms with Gasteiger partial charge in [-0.25, -0.2) is 4.39 Å². The molecule has 18 heteroatoms. The van der Waals surface area contributed by atoms with Gasteiger partial charge in [0.05, 0.1) is 47.3 Å². The van der Waals surface area contributed by atoms with E-state index in [4.69, 9.17) is 16.3 Å². The second kappa shape index (κ2) is 14.9. The summed E-state index contributed by atoms with van der Waals surface area (Å²) in [6, 6.07) is 8.14. The minimum Gasteiger partial charge on any atom is -0.377 e. The Bertz CT molecular complexity index is 2220. The monoisotopic (exact) mass is 770 g/mol. The van der Waals surface area contributed by atoms with Gasteiger partial charge in [-0.3, -0.25) is 19.2 Å². The molecule has 2 N–H and O–H groups in total. The van der Waals surface area contributed by atoms with Crippen molar-refractivity contribution in [2.45, 2.75) is 32.5 Å². The zero-order chi connectivity index (χ0) is 38.3. The molecule has 13 nitrogen and oxygen atoms in total. The smallest absolute Gasteiger partial charge is 0.377 e. The van der Waals surface area contributed by atoms with Crippen molar-refractivity contribution in [3.8, 4) is 0 Å². The molecule has 2 atom stereocenters. The summed E-state index contributed by atoms with van der Waals surface area (Å²) in [5.41, 5.74) is 0.0491. The van der Waals surface area contributed by atoms with Gasteiger partial charge in [-0.15, -0.1) is 5.10 Å². The molecule has 0 saturated carbocycles. The highest BCUT2D eigenvalue weighted by atomic mass is 35.5. The van der Waals surface area contributed by atoms with E-state index in [-0.39, 0.29) is 52.9 Å². The number of ether oxygens (including phenoxy) is 1. The fourth-order valence-corrected chi connectivity index (χ4v) is 7.54. The highest BCUT2D eigenvalue weighted by molar-refractivity contribution is 6.33. The van der Waals surface area contributed by atoms with E-state index in [0.29, 0.717) is 69.4 Å². The minimum absolute atomic E-state index is 0.00622. The molecule has 3 aliphatic heterocycles. The quantitative estimate of drug-likeness (QED) is 0.243. The number of amides is 3. The fourth-order valence-electron chi connectivity index (χ4n) is 7.31. The predicted molar refractivity (Wildman–Crippen MR) is 190 cm³/mol. The number of carbonyl (C=O) groups is 3. The summed E-state index contributed by atoms with van der Waals surface area (Å²) in [5.74, 6) is -1.89. The molecule has 0 radical (unpaired) electrons. The van der Waals surface area contributed by atoms with E-state index in [2.05, 4.69) is 20.7 Å². The van der Waals surface area contributed by atoms with Crippen LogP contribution in [0, 0.1) is 17.7 Å². The van der Waals surface area contributed by atoms with Gasteiger partial charge in [-0.2, -0.15) is 22.7 Å². The molecule has 2 aromatic heterocycles. The lowest BCUT2D eigenvalue weighted by molar-refractivity contribution is -0.137. The van der Waals surface area contributed by atoms with Gasteiger partial charge >= 0.3 is 6.18 Å². The van der Waals surface area contributed by atoms with Crippen molar-refractivity contribution < 1.29 is 36.7 Å². The van der Waals surface area contributed by atoms with E-state index in [1.165, 1.54) is 28.8 Å². The standard InChI is InChI=1S/C36H35ClF4N8O5/c1-2-28-31(47-17-21-15-46(16-22(21)18-47)30(51)14-42-33(52)24-5-3-4-6-26(24)38)34(53)49-35(44-32(45-49)20-9-11-54-12-10-20)48(28)19-29(50)43-27-8-7-23(13-25(27)37)36(39,40)41/h3-9,13,21-22H,2,10-12,14-19H2,1H3,(H,42,52)(H,43,50). The van der Waals surface area contributed by atoms with Crippen molar-refractivity contribution in [1.29, 1.82) is 0 Å². The average Bonchev–Trinajstić information content (AvgIpc) is 3.87. The third-order valence-corrected chi connectivity index (χ3v) is 10.3. The van der Waals surface area contributed by atoms with Crippen LogP contribution in [-0.4, -0.2) is 87.7 Å². The molecule has 0 spiro atoms. The summed E-state index contributed by atoms with van der Waals surface area (Å²) in [6.07, 6.45) is -1.96. The van der Waals surface area contributed by atoms with Gasteiger partial charge in [0.15, 0.2) is 5.82 Å². The Hall–Kier alpha value is -5.29. The predicted octanol–water partition coefficient (Wildman–Crippen LogP) is 4.03. The molecule has 7 rings (SSSR count). The molecule has 4 aromatic rings. The van der Waals surface area contributed by atoms with Crippen LogP contribution in [0.4, 0.5) is 28.9 Å². The number of alkyl halides is 3. The van der Waals surface area contributed by atoms with Gasteiger partial charge in [-0.1, -0.05) is 36.7 Å². The molecule has 5 heterocycles. The lowest BCUT2D eigenvalue weighted by Crippen LogP contribution is -2.41. The number of hydrogen-bond donors (Lipinski definition) is 2. The maximum absolute atomic E-state index is 14.3. The topological polar surface area (TPSA) is 143 Å². The van der Waals surface area contributed by atoms with Gasteiger partial charge in [-0.05, 0) is 48.7 Å². The highest BCUT2D eigenvalue weighted by Gasteiger charge is 2.43. The largest absolute Gasteiger partial charge is 0.416 e. The molecule has 3 aliphatic rings. The van der Waals surface area contributed by atoms with E-state index in [1.54, 1.807) is 9.47 Å². The summed E-state index contributed by atoms with van der Waals surface area (Å²) < 4.78 is 61.9. The van der Waals surface area contributed by atoms with Crippen LogP contribution in [0.15, 0.2) is 53.3 Å². The van der Waals surface area contributed by atoms with Crippen LogP contribution in [0.3, 0.4) is 0 Å². The van der Waals surface area contributed by atoms with E-state index < -0.39 is 34.9 Å². The van der Waals surface area contributed by atoms with Gasteiger partial charge in [0.2, 0.25) is 17.6 Å². The molecule has 2 saturated heterocycles. The number of likely N-dealkylation sites (tertiary alicyclic amines) is 1. The van der Waals surface area contributed by atoms with Crippen molar-refractivity contribution in [3.63, 3.8) is 0 Å². The normalized spacial score (nSPS) is 18.5. The van der Waals surface area contributed by atoms with Crippen LogP contribution in [-0.2, 0) is 33.5 Å². The van der Waals surface area contributed by atoms with E-state index in [9.17, 15) is 36.7 Å². The van der Waals surface area contributed by atoms with Gasteiger partial charge < -0.3 is 29.7 Å². The van der Waals surface area contributed by atoms with Crippen molar-refractivity contribution >= 4 is 52.0 Å². The highest BCUT2D eigenvalue weighted by Crippen LogP contribution is 2.36. The summed E-state index contributed by atoms with van der Waals surface area (Å²) in [7, 11) is 0. The van der Waals surface area contributed by atoms with Crippen LogP contribution in [0.2, 0.25) is 5.02 Å². The van der Waals surface area contributed by atoms with Crippen LogP contribution < -0.4 is 21.1 Å².